The van der Waals surface area contributed by atoms with Gasteiger partial charge in [-0.25, -0.2) is 0 Å². The first-order valence-electron chi connectivity index (χ1n) is 7.37. The van der Waals surface area contributed by atoms with Crippen LogP contribution in [0, 0.1) is 11.3 Å². The molecule has 1 nitrogen and oxygen atoms in total. The molecule has 0 bridgehead atoms. The molecule has 0 N–H and O–H groups in total. The van der Waals surface area contributed by atoms with Crippen LogP contribution in [0.15, 0.2) is 24.3 Å². The molecule has 3 heteroatoms. The van der Waals surface area contributed by atoms with Crippen LogP contribution in [0.25, 0.3) is 0 Å². The summed E-state index contributed by atoms with van der Waals surface area (Å²) in [5, 5.41) is 1.57. The van der Waals surface area contributed by atoms with Crippen LogP contribution in [-0.4, -0.2) is 11.4 Å². The van der Waals surface area contributed by atoms with Gasteiger partial charge < -0.3 is 4.74 Å². The Morgan fingerprint density at radius 2 is 2.05 bits per heavy atom. The van der Waals surface area contributed by atoms with Crippen LogP contribution in [-0.2, 0) is 4.74 Å². The van der Waals surface area contributed by atoms with Gasteiger partial charge in [-0.05, 0) is 36.7 Å². The first-order chi connectivity index (χ1) is 9.41. The molecule has 0 heterocycles. The summed E-state index contributed by atoms with van der Waals surface area (Å²) in [6.07, 6.45) is 3.93. The normalized spacial score (nSPS) is 27.2. The van der Waals surface area contributed by atoms with Gasteiger partial charge in [-0.3, -0.25) is 0 Å². The lowest BCUT2D eigenvalue weighted by Gasteiger charge is -2.40. The lowest BCUT2D eigenvalue weighted by Crippen LogP contribution is -2.33. The van der Waals surface area contributed by atoms with Gasteiger partial charge in [0.1, 0.15) is 0 Å². The number of benzene rings is 1. The highest BCUT2D eigenvalue weighted by Gasteiger charge is 2.34. The van der Waals surface area contributed by atoms with Crippen molar-refractivity contribution in [2.45, 2.75) is 52.2 Å². The lowest BCUT2D eigenvalue weighted by molar-refractivity contribution is -0.0579. The number of halogens is 2. The molecule has 0 amide bonds. The highest BCUT2D eigenvalue weighted by molar-refractivity contribution is 9.09. The lowest BCUT2D eigenvalue weighted by atomic mass is 9.71. The molecule has 2 rings (SSSR count). The molecular weight excluding hydrogens is 336 g/mol. The molecule has 1 fully saturated rings. The Balaban J connectivity index is 2.09. The third kappa shape index (κ3) is 4.22. The molecule has 3 unspecified atom stereocenters. The van der Waals surface area contributed by atoms with Crippen molar-refractivity contribution in [3.63, 3.8) is 0 Å². The fourth-order valence-electron chi connectivity index (χ4n) is 3.52. The quantitative estimate of drug-likeness (QED) is 0.598. The van der Waals surface area contributed by atoms with E-state index in [0.717, 1.165) is 34.7 Å². The van der Waals surface area contributed by atoms with Crippen molar-refractivity contribution in [1.82, 2.24) is 0 Å². The smallest absolute Gasteiger partial charge is 0.0939 e. The van der Waals surface area contributed by atoms with Crippen molar-refractivity contribution in [1.29, 1.82) is 0 Å². The molecule has 0 radical (unpaired) electrons. The van der Waals surface area contributed by atoms with Crippen molar-refractivity contribution < 1.29 is 4.74 Å². The summed E-state index contributed by atoms with van der Waals surface area (Å²) >= 11 is 9.87. The van der Waals surface area contributed by atoms with E-state index in [0.29, 0.717) is 11.5 Å². The van der Waals surface area contributed by atoms with E-state index in [1.54, 1.807) is 0 Å². The zero-order valence-corrected chi connectivity index (χ0v) is 14.9. The maximum atomic E-state index is 6.38. The van der Waals surface area contributed by atoms with Crippen molar-refractivity contribution in [3.05, 3.63) is 34.9 Å². The van der Waals surface area contributed by atoms with Crippen LogP contribution < -0.4 is 0 Å². The fraction of sp³-hybridized carbons (Fsp3) is 0.647. The summed E-state index contributed by atoms with van der Waals surface area (Å²) in [6, 6.07) is 7.98. The molecular formula is C17H24BrClO. The molecule has 1 aromatic rings. The van der Waals surface area contributed by atoms with Crippen molar-refractivity contribution in [2.24, 2.45) is 11.3 Å². The molecule has 1 aliphatic carbocycles. The Morgan fingerprint density at radius 3 is 2.65 bits per heavy atom. The molecule has 0 aliphatic heterocycles. The summed E-state index contributed by atoms with van der Waals surface area (Å²) < 4.78 is 6.38. The van der Waals surface area contributed by atoms with E-state index >= 15 is 0 Å². The van der Waals surface area contributed by atoms with Crippen LogP contribution in [0.5, 0.6) is 0 Å². The SMILES string of the molecule is CC1CC(OC(CBr)c2ccccc2Cl)CC(C)(C)C1. The fourth-order valence-corrected chi connectivity index (χ4v) is 4.28. The second-order valence-corrected chi connectivity index (χ2v) is 7.89. The number of alkyl halides is 1. The van der Waals surface area contributed by atoms with Crippen LogP contribution >= 0.6 is 27.5 Å². The third-order valence-corrected chi connectivity index (χ3v) is 5.03. The van der Waals surface area contributed by atoms with Gasteiger partial charge in [-0.15, -0.1) is 0 Å². The minimum Gasteiger partial charge on any atom is -0.369 e. The van der Waals surface area contributed by atoms with Crippen molar-refractivity contribution in [2.75, 3.05) is 5.33 Å². The average molecular weight is 360 g/mol. The standard InChI is InChI=1S/C17H24BrClO/c1-12-8-13(10-17(2,3)9-12)20-16(11-18)14-6-4-5-7-15(14)19/h4-7,12-13,16H,8-11H2,1-3H3. The molecule has 20 heavy (non-hydrogen) atoms. The molecule has 112 valence electrons. The topological polar surface area (TPSA) is 9.23 Å². The molecule has 3 atom stereocenters. The van der Waals surface area contributed by atoms with Gasteiger partial charge in [-0.2, -0.15) is 0 Å². The molecule has 0 spiro atoms. The van der Waals surface area contributed by atoms with Crippen LogP contribution in [0.4, 0.5) is 0 Å². The van der Waals surface area contributed by atoms with Gasteiger partial charge in [0, 0.05) is 15.9 Å². The van der Waals surface area contributed by atoms with E-state index in [2.05, 4.69) is 42.8 Å². The predicted molar refractivity (Wildman–Crippen MR) is 89.7 cm³/mol. The van der Waals surface area contributed by atoms with E-state index in [-0.39, 0.29) is 6.10 Å². The minimum atomic E-state index is 0.0369. The van der Waals surface area contributed by atoms with E-state index in [9.17, 15) is 0 Å². The summed E-state index contributed by atoms with van der Waals surface area (Å²) in [5.41, 5.74) is 1.46. The Bertz CT molecular complexity index is 446. The van der Waals surface area contributed by atoms with Gasteiger partial charge in [0.05, 0.1) is 12.2 Å². The van der Waals surface area contributed by atoms with Crippen LogP contribution in [0.2, 0.25) is 5.02 Å². The van der Waals surface area contributed by atoms with Crippen LogP contribution in [0.1, 0.15) is 51.7 Å². The predicted octanol–water partition coefficient (Wildman–Crippen LogP) is 6.01. The zero-order chi connectivity index (χ0) is 14.8. The first-order valence-corrected chi connectivity index (χ1v) is 8.87. The highest BCUT2D eigenvalue weighted by Crippen LogP contribution is 2.41. The Kier molecular flexibility index (Phi) is 5.56. The molecule has 1 saturated carbocycles. The number of hydrogen-bond acceptors (Lipinski definition) is 1. The minimum absolute atomic E-state index is 0.0369. The Labute approximate surface area is 136 Å². The molecule has 1 aromatic carbocycles. The maximum Gasteiger partial charge on any atom is 0.0939 e. The van der Waals surface area contributed by atoms with Gasteiger partial charge in [0.15, 0.2) is 0 Å². The van der Waals surface area contributed by atoms with E-state index in [4.69, 9.17) is 16.3 Å². The summed E-state index contributed by atoms with van der Waals surface area (Å²) in [6.45, 7) is 7.02. The zero-order valence-electron chi connectivity index (χ0n) is 12.5. The van der Waals surface area contributed by atoms with E-state index in [1.807, 2.05) is 18.2 Å². The van der Waals surface area contributed by atoms with Gasteiger partial charge in [0.2, 0.25) is 0 Å². The third-order valence-electron chi connectivity index (χ3n) is 4.10. The second kappa shape index (κ2) is 6.81. The summed E-state index contributed by atoms with van der Waals surface area (Å²) in [7, 11) is 0. The number of hydrogen-bond donors (Lipinski definition) is 0. The maximum absolute atomic E-state index is 6.38. The largest absolute Gasteiger partial charge is 0.369 e. The van der Waals surface area contributed by atoms with Crippen molar-refractivity contribution >= 4 is 27.5 Å². The van der Waals surface area contributed by atoms with Crippen LogP contribution in [0.3, 0.4) is 0 Å². The number of ether oxygens (including phenoxy) is 1. The average Bonchev–Trinajstić information content (AvgIpc) is 2.34. The Hall–Kier alpha value is -0.0500. The summed E-state index contributed by atoms with van der Waals surface area (Å²) in [5.74, 6) is 0.728. The van der Waals surface area contributed by atoms with E-state index < -0.39 is 0 Å². The molecule has 0 aromatic heterocycles. The van der Waals surface area contributed by atoms with Gasteiger partial charge in [0.25, 0.3) is 0 Å². The first kappa shape index (κ1) is 16.3. The number of rotatable bonds is 4. The Morgan fingerprint density at radius 1 is 1.35 bits per heavy atom. The van der Waals surface area contributed by atoms with Gasteiger partial charge in [-0.1, -0.05) is 66.5 Å². The van der Waals surface area contributed by atoms with E-state index in [1.165, 1.54) is 6.42 Å². The summed E-state index contributed by atoms with van der Waals surface area (Å²) in [4.78, 5) is 0. The van der Waals surface area contributed by atoms with Gasteiger partial charge >= 0.3 is 0 Å². The highest BCUT2D eigenvalue weighted by atomic mass is 79.9. The molecule has 0 saturated heterocycles. The monoisotopic (exact) mass is 358 g/mol. The molecule has 1 aliphatic rings. The van der Waals surface area contributed by atoms with Crippen molar-refractivity contribution in [3.8, 4) is 0 Å². The second-order valence-electron chi connectivity index (χ2n) is 6.84.